The Kier molecular flexibility index (Phi) is 4.75. The number of hydrogen-bond acceptors (Lipinski definition) is 5. The molecule has 0 unspecified atom stereocenters. The zero-order chi connectivity index (χ0) is 12.8. The molecule has 1 fully saturated rings. The number of rotatable bonds is 6. The Morgan fingerprint density at radius 2 is 2.06 bits per heavy atom. The predicted molar refractivity (Wildman–Crippen MR) is 71.2 cm³/mol. The number of anilines is 1. The fourth-order valence-electron chi connectivity index (χ4n) is 1.84. The number of halogens is 1. The molecule has 2 heterocycles. The maximum absolute atomic E-state index is 5.88. The molecule has 0 amide bonds. The van der Waals surface area contributed by atoms with Crippen molar-refractivity contribution < 1.29 is 4.74 Å². The smallest absolute Gasteiger partial charge is 0.322 e. The lowest BCUT2D eigenvalue weighted by Gasteiger charge is -2.15. The van der Waals surface area contributed by atoms with E-state index in [-0.39, 0.29) is 5.28 Å². The lowest BCUT2D eigenvalue weighted by molar-refractivity contribution is 0.287. The van der Waals surface area contributed by atoms with Crippen LogP contribution in [0.15, 0.2) is 12.7 Å². The molecule has 0 aromatic carbocycles. The predicted octanol–water partition coefficient (Wildman–Crippen LogP) is 2.47. The van der Waals surface area contributed by atoms with E-state index in [9.17, 15) is 0 Å². The topological polar surface area (TPSA) is 51.1 Å². The largest absolute Gasteiger partial charge is 0.463 e. The first-order valence-corrected chi connectivity index (χ1v) is 6.57. The Bertz CT molecular complexity index is 407. The summed E-state index contributed by atoms with van der Waals surface area (Å²) in [6.45, 7) is 6.16. The molecule has 6 heteroatoms. The van der Waals surface area contributed by atoms with Gasteiger partial charge in [0.2, 0.25) is 11.2 Å². The van der Waals surface area contributed by atoms with Crippen molar-refractivity contribution in [1.29, 1.82) is 0 Å². The summed E-state index contributed by atoms with van der Waals surface area (Å²) in [6, 6.07) is 0.306. The standard InChI is InChI=1S/C12H17ClN4O/c1-2-3-6-9-18-12-15-10(13)14-11(16-12)17-7-4-5-8-17/h2H,1,3-9H2. The number of allylic oxidation sites excluding steroid dienone is 1. The zero-order valence-electron chi connectivity index (χ0n) is 10.3. The average molecular weight is 269 g/mol. The number of aromatic nitrogens is 3. The second-order valence-electron chi connectivity index (χ2n) is 4.16. The van der Waals surface area contributed by atoms with Crippen LogP contribution in [0, 0.1) is 0 Å². The molecule has 0 aliphatic carbocycles. The summed E-state index contributed by atoms with van der Waals surface area (Å²) in [4.78, 5) is 14.5. The van der Waals surface area contributed by atoms with Crippen LogP contribution in [-0.4, -0.2) is 34.6 Å². The van der Waals surface area contributed by atoms with Crippen LogP contribution >= 0.6 is 11.6 Å². The van der Waals surface area contributed by atoms with Gasteiger partial charge < -0.3 is 9.64 Å². The molecule has 0 bridgehead atoms. The average Bonchev–Trinajstić information content (AvgIpc) is 2.88. The van der Waals surface area contributed by atoms with Crippen molar-refractivity contribution in [1.82, 2.24) is 15.0 Å². The van der Waals surface area contributed by atoms with Crippen LogP contribution < -0.4 is 9.64 Å². The van der Waals surface area contributed by atoms with E-state index in [0.717, 1.165) is 25.9 Å². The van der Waals surface area contributed by atoms with E-state index in [2.05, 4.69) is 26.4 Å². The Labute approximate surface area is 112 Å². The highest BCUT2D eigenvalue weighted by molar-refractivity contribution is 6.28. The Morgan fingerprint density at radius 1 is 1.28 bits per heavy atom. The van der Waals surface area contributed by atoms with Gasteiger partial charge in [0.25, 0.3) is 0 Å². The minimum atomic E-state index is 0.186. The number of ether oxygens (including phenoxy) is 1. The molecular formula is C12H17ClN4O. The van der Waals surface area contributed by atoms with Crippen molar-refractivity contribution in [3.8, 4) is 6.01 Å². The van der Waals surface area contributed by atoms with E-state index in [4.69, 9.17) is 16.3 Å². The second kappa shape index (κ2) is 6.54. The van der Waals surface area contributed by atoms with E-state index >= 15 is 0 Å². The van der Waals surface area contributed by atoms with Crippen molar-refractivity contribution in [2.24, 2.45) is 0 Å². The number of nitrogens with zero attached hydrogens (tertiary/aromatic N) is 4. The minimum absolute atomic E-state index is 0.186. The quantitative estimate of drug-likeness (QED) is 0.586. The molecule has 98 valence electrons. The lowest BCUT2D eigenvalue weighted by Crippen LogP contribution is -2.21. The third-order valence-electron chi connectivity index (χ3n) is 2.75. The molecule has 0 N–H and O–H groups in total. The van der Waals surface area contributed by atoms with E-state index in [1.807, 2.05) is 6.08 Å². The third-order valence-corrected chi connectivity index (χ3v) is 2.92. The third kappa shape index (κ3) is 3.57. The minimum Gasteiger partial charge on any atom is -0.463 e. The van der Waals surface area contributed by atoms with E-state index in [0.29, 0.717) is 18.6 Å². The summed E-state index contributed by atoms with van der Waals surface area (Å²) < 4.78 is 5.47. The van der Waals surface area contributed by atoms with Crippen molar-refractivity contribution in [3.05, 3.63) is 17.9 Å². The van der Waals surface area contributed by atoms with Crippen molar-refractivity contribution in [2.75, 3.05) is 24.6 Å². The maximum atomic E-state index is 5.88. The highest BCUT2D eigenvalue weighted by Crippen LogP contribution is 2.19. The molecule has 1 aliphatic rings. The SMILES string of the molecule is C=CCCCOc1nc(Cl)nc(N2CCCC2)n1. The summed E-state index contributed by atoms with van der Waals surface area (Å²) in [7, 11) is 0. The van der Waals surface area contributed by atoms with Gasteiger partial charge in [0, 0.05) is 13.1 Å². The molecule has 2 rings (SSSR count). The Morgan fingerprint density at radius 3 is 2.78 bits per heavy atom. The van der Waals surface area contributed by atoms with Gasteiger partial charge in [-0.3, -0.25) is 0 Å². The van der Waals surface area contributed by atoms with Gasteiger partial charge in [0.15, 0.2) is 0 Å². The van der Waals surface area contributed by atoms with Gasteiger partial charge >= 0.3 is 6.01 Å². The van der Waals surface area contributed by atoms with Crippen molar-refractivity contribution >= 4 is 17.5 Å². The Balaban J connectivity index is 1.99. The number of hydrogen-bond donors (Lipinski definition) is 0. The van der Waals surface area contributed by atoms with Crippen molar-refractivity contribution in [2.45, 2.75) is 25.7 Å². The summed E-state index contributed by atoms with van der Waals surface area (Å²) in [5.41, 5.74) is 0. The highest BCUT2D eigenvalue weighted by Gasteiger charge is 2.17. The normalized spacial score (nSPS) is 14.8. The highest BCUT2D eigenvalue weighted by atomic mass is 35.5. The molecule has 5 nitrogen and oxygen atoms in total. The van der Waals surface area contributed by atoms with E-state index < -0.39 is 0 Å². The Hall–Kier alpha value is -1.36. The fourth-order valence-corrected chi connectivity index (χ4v) is 1.98. The van der Waals surface area contributed by atoms with Crippen LogP contribution in [0.3, 0.4) is 0 Å². The monoisotopic (exact) mass is 268 g/mol. The molecule has 1 saturated heterocycles. The first kappa shape index (κ1) is 13.1. The van der Waals surface area contributed by atoms with Gasteiger partial charge in [-0.25, -0.2) is 0 Å². The van der Waals surface area contributed by atoms with Crippen LogP contribution in [0.5, 0.6) is 6.01 Å². The lowest BCUT2D eigenvalue weighted by atomic mass is 10.3. The van der Waals surface area contributed by atoms with E-state index in [1.165, 1.54) is 12.8 Å². The van der Waals surface area contributed by atoms with Crippen LogP contribution in [0.1, 0.15) is 25.7 Å². The summed E-state index contributed by atoms with van der Waals surface area (Å²) >= 11 is 5.88. The van der Waals surface area contributed by atoms with Crippen LogP contribution in [-0.2, 0) is 0 Å². The van der Waals surface area contributed by atoms with Gasteiger partial charge in [-0.15, -0.1) is 6.58 Å². The van der Waals surface area contributed by atoms with Gasteiger partial charge in [-0.1, -0.05) is 6.08 Å². The van der Waals surface area contributed by atoms with Gasteiger partial charge in [-0.2, -0.15) is 15.0 Å². The zero-order valence-corrected chi connectivity index (χ0v) is 11.1. The maximum Gasteiger partial charge on any atom is 0.322 e. The summed E-state index contributed by atoms with van der Waals surface area (Å²) in [5.74, 6) is 0.617. The molecule has 0 atom stereocenters. The number of unbranched alkanes of at least 4 members (excludes halogenated alkanes) is 1. The van der Waals surface area contributed by atoms with Gasteiger partial charge in [0.1, 0.15) is 0 Å². The first-order chi connectivity index (χ1) is 8.79. The molecule has 1 aliphatic heterocycles. The summed E-state index contributed by atoms with van der Waals surface area (Å²) in [6.07, 6.45) is 6.00. The molecular weight excluding hydrogens is 252 g/mol. The summed E-state index contributed by atoms with van der Waals surface area (Å²) in [5, 5.41) is 0.186. The van der Waals surface area contributed by atoms with Crippen molar-refractivity contribution in [3.63, 3.8) is 0 Å². The van der Waals surface area contributed by atoms with Crippen LogP contribution in [0.25, 0.3) is 0 Å². The van der Waals surface area contributed by atoms with E-state index in [1.54, 1.807) is 0 Å². The molecule has 1 aromatic heterocycles. The molecule has 0 saturated carbocycles. The molecule has 18 heavy (non-hydrogen) atoms. The molecule has 0 spiro atoms. The van der Waals surface area contributed by atoms with Crippen LogP contribution in [0.4, 0.5) is 5.95 Å². The molecule has 1 aromatic rings. The van der Waals surface area contributed by atoms with Gasteiger partial charge in [0.05, 0.1) is 6.61 Å². The van der Waals surface area contributed by atoms with Crippen LogP contribution in [0.2, 0.25) is 5.28 Å². The fraction of sp³-hybridized carbons (Fsp3) is 0.583. The molecule has 0 radical (unpaired) electrons. The second-order valence-corrected chi connectivity index (χ2v) is 4.50. The first-order valence-electron chi connectivity index (χ1n) is 6.20. The van der Waals surface area contributed by atoms with Gasteiger partial charge in [-0.05, 0) is 37.3 Å².